The quantitative estimate of drug-likeness (QED) is 0.710. The highest BCUT2D eigenvalue weighted by molar-refractivity contribution is 5.85. The molecule has 0 aromatic heterocycles. The highest BCUT2D eigenvalue weighted by Gasteiger charge is 2.17. The summed E-state index contributed by atoms with van der Waals surface area (Å²) in [7, 11) is 0. The van der Waals surface area contributed by atoms with E-state index in [4.69, 9.17) is 15.7 Å². The molecule has 0 aliphatic carbocycles. The van der Waals surface area contributed by atoms with Gasteiger partial charge >= 0.3 is 0 Å². The molecule has 1 atom stereocenters. The van der Waals surface area contributed by atoms with Crippen molar-refractivity contribution in [3.05, 3.63) is 29.3 Å². The molecule has 0 bridgehead atoms. The summed E-state index contributed by atoms with van der Waals surface area (Å²) in [5.41, 5.74) is 7.50. The third-order valence-corrected chi connectivity index (χ3v) is 2.23. The molecule has 1 heterocycles. The van der Waals surface area contributed by atoms with Gasteiger partial charge < -0.3 is 10.5 Å². The van der Waals surface area contributed by atoms with Gasteiger partial charge in [-0.05, 0) is 12.1 Å². The summed E-state index contributed by atoms with van der Waals surface area (Å²) >= 11 is 0. The average molecular weight is 211 g/mol. The zero-order valence-corrected chi connectivity index (χ0v) is 8.38. The monoisotopic (exact) mass is 210 g/mol. The number of ether oxygens (including phenoxy) is 1. The van der Waals surface area contributed by atoms with E-state index in [1.807, 2.05) is 6.07 Å². The Kier molecular flexibility index (Phi) is 3.34. The number of nitrogens with zero attached hydrogens (tertiary/aromatic N) is 1. The van der Waals surface area contributed by atoms with Gasteiger partial charge in [0.15, 0.2) is 0 Å². The van der Waals surface area contributed by atoms with Crippen LogP contribution in [0.3, 0.4) is 0 Å². The van der Waals surface area contributed by atoms with Crippen molar-refractivity contribution in [1.82, 2.24) is 0 Å². The van der Waals surface area contributed by atoms with E-state index in [0.717, 1.165) is 17.7 Å². The third kappa shape index (κ3) is 1.82. The van der Waals surface area contributed by atoms with E-state index in [2.05, 4.69) is 6.07 Å². The van der Waals surface area contributed by atoms with Gasteiger partial charge in [0, 0.05) is 18.0 Å². The number of hydrogen-bond acceptors (Lipinski definition) is 3. The number of halogens is 1. The summed E-state index contributed by atoms with van der Waals surface area (Å²) in [6.45, 7) is 0.642. The van der Waals surface area contributed by atoms with Crippen LogP contribution in [0, 0.1) is 11.3 Å². The Balaban J connectivity index is 0.000000980. The molecule has 0 unspecified atom stereocenters. The first-order valence-electron chi connectivity index (χ1n) is 4.23. The molecule has 0 amide bonds. The van der Waals surface area contributed by atoms with Gasteiger partial charge in [-0.25, -0.2) is 0 Å². The second-order valence-corrected chi connectivity index (χ2v) is 3.11. The van der Waals surface area contributed by atoms with Crippen molar-refractivity contribution in [2.75, 3.05) is 6.61 Å². The van der Waals surface area contributed by atoms with Crippen LogP contribution in [-0.2, 0) is 0 Å². The van der Waals surface area contributed by atoms with Gasteiger partial charge in [0.1, 0.15) is 5.75 Å². The van der Waals surface area contributed by atoms with Crippen molar-refractivity contribution in [2.24, 2.45) is 5.73 Å². The van der Waals surface area contributed by atoms with Crippen molar-refractivity contribution in [3.63, 3.8) is 0 Å². The van der Waals surface area contributed by atoms with Gasteiger partial charge in [0.05, 0.1) is 18.2 Å². The maximum Gasteiger partial charge on any atom is 0.125 e. The van der Waals surface area contributed by atoms with Crippen molar-refractivity contribution in [3.8, 4) is 11.8 Å². The molecule has 4 heteroatoms. The lowest BCUT2D eigenvalue weighted by Gasteiger charge is -2.22. The average Bonchev–Trinajstić information content (AvgIpc) is 2.18. The predicted octanol–water partition coefficient (Wildman–Crippen LogP) is 1.76. The molecule has 0 spiro atoms. The number of hydrogen-bond donors (Lipinski definition) is 1. The minimum absolute atomic E-state index is 0. The van der Waals surface area contributed by atoms with Crippen LogP contribution >= 0.6 is 12.4 Å². The van der Waals surface area contributed by atoms with Crippen LogP contribution in [0.15, 0.2) is 18.2 Å². The van der Waals surface area contributed by atoms with E-state index in [0.29, 0.717) is 12.2 Å². The number of benzene rings is 1. The first-order chi connectivity index (χ1) is 6.31. The summed E-state index contributed by atoms with van der Waals surface area (Å²) in [5.74, 6) is 0.762. The molecule has 2 N–H and O–H groups in total. The van der Waals surface area contributed by atoms with E-state index in [1.165, 1.54) is 0 Å². The number of rotatable bonds is 0. The molecule has 0 radical (unpaired) electrons. The van der Waals surface area contributed by atoms with Gasteiger partial charge in [-0.2, -0.15) is 5.26 Å². The van der Waals surface area contributed by atoms with Gasteiger partial charge in [-0.1, -0.05) is 6.07 Å². The highest BCUT2D eigenvalue weighted by Crippen LogP contribution is 2.30. The van der Waals surface area contributed by atoms with Crippen molar-refractivity contribution >= 4 is 12.4 Å². The molecule has 0 saturated carbocycles. The fraction of sp³-hybridized carbons (Fsp3) is 0.300. The minimum atomic E-state index is 0. The second-order valence-electron chi connectivity index (χ2n) is 3.11. The van der Waals surface area contributed by atoms with Crippen LogP contribution in [0.4, 0.5) is 0 Å². The summed E-state index contributed by atoms with van der Waals surface area (Å²) in [5, 5.41) is 8.67. The Hall–Kier alpha value is -1.24. The predicted molar refractivity (Wildman–Crippen MR) is 55.4 cm³/mol. The fourth-order valence-electron chi connectivity index (χ4n) is 1.49. The van der Waals surface area contributed by atoms with Crippen molar-refractivity contribution < 1.29 is 4.74 Å². The van der Waals surface area contributed by atoms with Crippen LogP contribution in [0.2, 0.25) is 0 Å². The topological polar surface area (TPSA) is 59.0 Å². The molecule has 0 saturated heterocycles. The number of nitriles is 1. The van der Waals surface area contributed by atoms with E-state index in [-0.39, 0.29) is 18.4 Å². The summed E-state index contributed by atoms with van der Waals surface area (Å²) in [6, 6.07) is 7.51. The Bertz CT molecular complexity index is 373. The highest BCUT2D eigenvalue weighted by atomic mass is 35.5. The van der Waals surface area contributed by atoms with Crippen LogP contribution < -0.4 is 10.5 Å². The molecule has 0 fully saturated rings. The van der Waals surface area contributed by atoms with Gasteiger partial charge in [-0.3, -0.25) is 0 Å². The maximum absolute atomic E-state index is 8.67. The lowest BCUT2D eigenvalue weighted by atomic mass is 10.00. The van der Waals surface area contributed by atoms with Crippen molar-refractivity contribution in [1.29, 1.82) is 5.26 Å². The minimum Gasteiger partial charge on any atom is -0.493 e. The smallest absolute Gasteiger partial charge is 0.125 e. The van der Waals surface area contributed by atoms with Crippen LogP contribution in [-0.4, -0.2) is 6.61 Å². The molecular formula is C10H11ClN2O. The SMILES string of the molecule is Cl.N#Cc1ccc2c(c1)OCC[C@H]2N. The van der Waals surface area contributed by atoms with Gasteiger partial charge in [-0.15, -0.1) is 12.4 Å². The summed E-state index contributed by atoms with van der Waals surface area (Å²) < 4.78 is 5.41. The lowest BCUT2D eigenvalue weighted by Crippen LogP contribution is -2.20. The normalized spacial score (nSPS) is 18.4. The van der Waals surface area contributed by atoms with E-state index < -0.39 is 0 Å². The Morgan fingerprint density at radius 1 is 1.50 bits per heavy atom. The number of fused-ring (bicyclic) bond motifs is 1. The van der Waals surface area contributed by atoms with Crippen LogP contribution in [0.25, 0.3) is 0 Å². The summed E-state index contributed by atoms with van der Waals surface area (Å²) in [4.78, 5) is 0. The zero-order chi connectivity index (χ0) is 9.26. The summed E-state index contributed by atoms with van der Waals surface area (Å²) in [6.07, 6.45) is 0.846. The Morgan fingerprint density at radius 2 is 2.29 bits per heavy atom. The standard InChI is InChI=1S/C10H10N2O.ClH/c11-6-7-1-2-8-9(12)3-4-13-10(8)5-7;/h1-2,5,9H,3-4,12H2;1H/t9-;/m1./s1. The molecule has 2 rings (SSSR count). The van der Waals surface area contributed by atoms with E-state index >= 15 is 0 Å². The molecule has 1 aliphatic heterocycles. The fourth-order valence-corrected chi connectivity index (χ4v) is 1.49. The molecule has 1 aromatic carbocycles. The molecule has 1 aromatic rings. The zero-order valence-electron chi connectivity index (χ0n) is 7.56. The van der Waals surface area contributed by atoms with Crippen LogP contribution in [0.1, 0.15) is 23.6 Å². The molecule has 14 heavy (non-hydrogen) atoms. The first-order valence-corrected chi connectivity index (χ1v) is 4.23. The Labute approximate surface area is 88.9 Å². The Morgan fingerprint density at radius 3 is 3.00 bits per heavy atom. The van der Waals surface area contributed by atoms with Gasteiger partial charge in [0.2, 0.25) is 0 Å². The molecule has 3 nitrogen and oxygen atoms in total. The van der Waals surface area contributed by atoms with Crippen molar-refractivity contribution in [2.45, 2.75) is 12.5 Å². The second kappa shape index (κ2) is 4.32. The van der Waals surface area contributed by atoms with Crippen LogP contribution in [0.5, 0.6) is 5.75 Å². The molecule has 1 aliphatic rings. The molecular weight excluding hydrogens is 200 g/mol. The number of nitrogens with two attached hydrogens (primary N) is 1. The van der Waals surface area contributed by atoms with E-state index in [9.17, 15) is 0 Å². The van der Waals surface area contributed by atoms with E-state index in [1.54, 1.807) is 12.1 Å². The van der Waals surface area contributed by atoms with Gasteiger partial charge in [0.25, 0.3) is 0 Å². The lowest BCUT2D eigenvalue weighted by molar-refractivity contribution is 0.269. The largest absolute Gasteiger partial charge is 0.493 e. The molecule has 74 valence electrons. The first kappa shape index (κ1) is 10.8. The third-order valence-electron chi connectivity index (χ3n) is 2.23. The maximum atomic E-state index is 8.67.